The average Bonchev–Trinajstić information content (AvgIpc) is 2.48. The fourth-order valence-corrected chi connectivity index (χ4v) is 3.72. The average molecular weight is 395 g/mol. The van der Waals surface area contributed by atoms with Gasteiger partial charge in [0.25, 0.3) is 10.0 Å². The molecule has 0 unspecified atom stereocenters. The third-order valence-electron chi connectivity index (χ3n) is 2.96. The monoisotopic (exact) mass is 394 g/mol. The number of benzene rings is 2. The Morgan fingerprint density at radius 3 is 2.29 bits per heavy atom. The van der Waals surface area contributed by atoms with Gasteiger partial charge in [-0.2, -0.15) is 0 Å². The number of carbonyl (C=O) groups excluding carboxylic acids is 1. The lowest BCUT2D eigenvalue weighted by molar-refractivity contribution is -0.116. The van der Waals surface area contributed by atoms with Crippen LogP contribution in [0.1, 0.15) is 0 Å². The number of amides is 1. The molecule has 0 heterocycles. The van der Waals surface area contributed by atoms with Crippen LogP contribution >= 0.6 is 23.2 Å². The van der Waals surface area contributed by atoms with Crippen LogP contribution in [-0.4, -0.2) is 20.9 Å². The van der Waals surface area contributed by atoms with Gasteiger partial charge in [-0.3, -0.25) is 9.10 Å². The fourth-order valence-electron chi connectivity index (χ4n) is 1.89. The Bertz CT molecular complexity index is 907. The zero-order valence-corrected chi connectivity index (χ0v) is 14.2. The Kier molecular flexibility index (Phi) is 5.32. The molecule has 0 bridgehead atoms. The van der Waals surface area contributed by atoms with E-state index in [1.807, 2.05) is 0 Å². The number of nitrogens with two attached hydrogens (primary N) is 1. The molecular formula is C14H10Cl2F2N2O3S. The predicted molar refractivity (Wildman–Crippen MR) is 86.5 cm³/mol. The summed E-state index contributed by atoms with van der Waals surface area (Å²) in [5.41, 5.74) is 4.52. The van der Waals surface area contributed by atoms with Crippen LogP contribution in [0.5, 0.6) is 0 Å². The summed E-state index contributed by atoms with van der Waals surface area (Å²) in [5, 5.41) is 0.0707. The van der Waals surface area contributed by atoms with E-state index >= 15 is 0 Å². The second kappa shape index (κ2) is 6.92. The van der Waals surface area contributed by atoms with Gasteiger partial charge in [-0.1, -0.05) is 23.2 Å². The highest BCUT2D eigenvalue weighted by Gasteiger charge is 2.29. The highest BCUT2D eigenvalue weighted by Crippen LogP contribution is 2.30. The molecule has 0 spiro atoms. The smallest absolute Gasteiger partial charge is 0.264 e. The van der Waals surface area contributed by atoms with Crippen molar-refractivity contribution in [1.29, 1.82) is 0 Å². The molecular weight excluding hydrogens is 385 g/mol. The molecule has 0 saturated carbocycles. The van der Waals surface area contributed by atoms with Gasteiger partial charge in [0, 0.05) is 6.07 Å². The van der Waals surface area contributed by atoms with Gasteiger partial charge >= 0.3 is 0 Å². The first-order valence-corrected chi connectivity index (χ1v) is 8.53. The van der Waals surface area contributed by atoms with Gasteiger partial charge in [0.2, 0.25) is 5.91 Å². The topological polar surface area (TPSA) is 80.5 Å². The standard InChI is InChI=1S/C14H10Cl2F2N2O3S/c15-10-3-2-9(6-11(10)16)24(22,23)20(7-14(19)21)13-4-1-8(17)5-12(13)18/h1-6H,7H2,(H2,19,21). The van der Waals surface area contributed by atoms with E-state index in [2.05, 4.69) is 0 Å². The van der Waals surface area contributed by atoms with E-state index in [0.29, 0.717) is 10.4 Å². The zero-order chi connectivity index (χ0) is 18.1. The summed E-state index contributed by atoms with van der Waals surface area (Å²) < 4.78 is 52.9. The Hall–Kier alpha value is -1.90. The summed E-state index contributed by atoms with van der Waals surface area (Å²) in [5.74, 6) is -3.09. The molecule has 2 aromatic rings. The molecule has 0 aromatic heterocycles. The summed E-state index contributed by atoms with van der Waals surface area (Å²) in [6, 6.07) is 5.67. The van der Waals surface area contributed by atoms with Crippen LogP contribution in [0, 0.1) is 11.6 Å². The van der Waals surface area contributed by atoms with Crippen molar-refractivity contribution in [3.63, 3.8) is 0 Å². The van der Waals surface area contributed by atoms with Crippen molar-refractivity contribution in [2.75, 3.05) is 10.8 Å². The Balaban J connectivity index is 2.61. The van der Waals surface area contributed by atoms with Crippen LogP contribution in [0.15, 0.2) is 41.3 Å². The molecule has 2 aromatic carbocycles. The number of hydrogen-bond acceptors (Lipinski definition) is 3. The van der Waals surface area contributed by atoms with Gasteiger partial charge in [-0.15, -0.1) is 0 Å². The zero-order valence-electron chi connectivity index (χ0n) is 11.8. The van der Waals surface area contributed by atoms with Gasteiger partial charge in [-0.05, 0) is 30.3 Å². The molecule has 1 amide bonds. The van der Waals surface area contributed by atoms with Crippen LogP contribution in [0.3, 0.4) is 0 Å². The first kappa shape index (κ1) is 18.4. The van der Waals surface area contributed by atoms with Crippen LogP contribution in [0.2, 0.25) is 10.0 Å². The number of rotatable bonds is 5. The summed E-state index contributed by atoms with van der Waals surface area (Å²) in [6.45, 7) is -0.842. The number of anilines is 1. The maximum atomic E-state index is 14.0. The van der Waals surface area contributed by atoms with Crippen LogP contribution in [-0.2, 0) is 14.8 Å². The maximum absolute atomic E-state index is 14.0. The summed E-state index contributed by atoms with van der Waals surface area (Å²) in [7, 11) is -4.40. The van der Waals surface area contributed by atoms with E-state index in [1.54, 1.807) is 0 Å². The molecule has 2 rings (SSSR count). The number of primary amides is 1. The molecule has 0 radical (unpaired) electrons. The van der Waals surface area contributed by atoms with Crippen LogP contribution in [0.25, 0.3) is 0 Å². The van der Waals surface area contributed by atoms with Gasteiger partial charge in [-0.25, -0.2) is 17.2 Å². The fraction of sp³-hybridized carbons (Fsp3) is 0.0714. The molecule has 5 nitrogen and oxygen atoms in total. The van der Waals surface area contributed by atoms with Gasteiger partial charge in [0.1, 0.15) is 18.2 Å². The Labute approximate surface area is 146 Å². The van der Waals surface area contributed by atoms with Crippen LogP contribution in [0.4, 0.5) is 14.5 Å². The lowest BCUT2D eigenvalue weighted by Gasteiger charge is -2.23. The van der Waals surface area contributed by atoms with Crippen molar-refractivity contribution in [2.45, 2.75) is 4.90 Å². The third kappa shape index (κ3) is 3.77. The predicted octanol–water partition coefficient (Wildman–Crippen LogP) is 2.95. The van der Waals surface area contributed by atoms with Gasteiger partial charge in [0.05, 0.1) is 20.6 Å². The molecule has 128 valence electrons. The largest absolute Gasteiger partial charge is 0.368 e. The van der Waals surface area contributed by atoms with E-state index in [4.69, 9.17) is 28.9 Å². The number of nitrogens with zero attached hydrogens (tertiary/aromatic N) is 1. The van der Waals surface area contributed by atoms with E-state index in [-0.39, 0.29) is 14.9 Å². The minimum absolute atomic E-state index is 0.0451. The van der Waals surface area contributed by atoms with Gasteiger partial charge < -0.3 is 5.73 Å². The van der Waals surface area contributed by atoms with E-state index < -0.39 is 39.8 Å². The molecule has 0 aliphatic rings. The molecule has 0 atom stereocenters. The van der Waals surface area contributed by atoms with Crippen molar-refractivity contribution < 1.29 is 22.0 Å². The summed E-state index contributed by atoms with van der Waals surface area (Å²) in [6.07, 6.45) is 0. The van der Waals surface area contributed by atoms with Gasteiger partial charge in [0.15, 0.2) is 0 Å². The Morgan fingerprint density at radius 1 is 1.08 bits per heavy atom. The lowest BCUT2D eigenvalue weighted by Crippen LogP contribution is -2.39. The van der Waals surface area contributed by atoms with Crippen LogP contribution < -0.4 is 10.0 Å². The van der Waals surface area contributed by atoms with Crippen molar-refractivity contribution >= 4 is 44.8 Å². The second-order valence-corrected chi connectivity index (χ2v) is 7.33. The van der Waals surface area contributed by atoms with Crippen molar-refractivity contribution in [2.24, 2.45) is 5.73 Å². The highest BCUT2D eigenvalue weighted by atomic mass is 35.5. The van der Waals surface area contributed by atoms with Crippen molar-refractivity contribution in [3.8, 4) is 0 Å². The summed E-state index contributed by atoms with van der Waals surface area (Å²) in [4.78, 5) is 10.9. The first-order valence-electron chi connectivity index (χ1n) is 6.34. The van der Waals surface area contributed by atoms with E-state index in [9.17, 15) is 22.0 Å². The number of hydrogen-bond donors (Lipinski definition) is 1. The maximum Gasteiger partial charge on any atom is 0.264 e. The normalized spacial score (nSPS) is 11.3. The highest BCUT2D eigenvalue weighted by molar-refractivity contribution is 7.92. The molecule has 0 aliphatic carbocycles. The van der Waals surface area contributed by atoms with E-state index in [1.165, 1.54) is 6.07 Å². The molecule has 24 heavy (non-hydrogen) atoms. The molecule has 0 aliphatic heterocycles. The summed E-state index contributed by atoms with van der Waals surface area (Å²) >= 11 is 11.5. The quantitative estimate of drug-likeness (QED) is 0.846. The molecule has 2 N–H and O–H groups in total. The Morgan fingerprint density at radius 2 is 1.75 bits per heavy atom. The number of halogens is 4. The SMILES string of the molecule is NC(=O)CN(c1ccc(F)cc1F)S(=O)(=O)c1ccc(Cl)c(Cl)c1. The minimum atomic E-state index is -4.40. The first-order chi connectivity index (χ1) is 11.1. The molecule has 10 heteroatoms. The molecule has 0 saturated heterocycles. The minimum Gasteiger partial charge on any atom is -0.368 e. The third-order valence-corrected chi connectivity index (χ3v) is 5.45. The van der Waals surface area contributed by atoms with Crippen molar-refractivity contribution in [1.82, 2.24) is 0 Å². The number of sulfonamides is 1. The lowest BCUT2D eigenvalue weighted by atomic mass is 10.3. The second-order valence-electron chi connectivity index (χ2n) is 4.65. The van der Waals surface area contributed by atoms with Crippen molar-refractivity contribution in [3.05, 3.63) is 58.1 Å². The number of carbonyl (C=O) groups is 1. The molecule has 0 fully saturated rings. The van der Waals surface area contributed by atoms with E-state index in [0.717, 1.165) is 24.3 Å².